The van der Waals surface area contributed by atoms with Crippen molar-refractivity contribution in [2.24, 2.45) is 0 Å². The van der Waals surface area contributed by atoms with E-state index in [4.69, 9.17) is 5.11 Å². The summed E-state index contributed by atoms with van der Waals surface area (Å²) in [4.78, 5) is 10.6. The van der Waals surface area contributed by atoms with Crippen LogP contribution in [0.25, 0.3) is 5.69 Å². The lowest BCUT2D eigenvalue weighted by atomic mass is 10.1. The Hall–Kier alpha value is -2.14. The number of aliphatic carboxylic acids is 1. The van der Waals surface area contributed by atoms with Crippen molar-refractivity contribution in [1.82, 2.24) is 15.1 Å². The van der Waals surface area contributed by atoms with Crippen LogP contribution < -0.4 is 5.32 Å². The number of aromatic nitrogens is 2. The highest BCUT2D eigenvalue weighted by molar-refractivity contribution is 5.70. The highest BCUT2D eigenvalue weighted by atomic mass is 16.4. The van der Waals surface area contributed by atoms with Gasteiger partial charge in [-0.25, -0.2) is 4.68 Å². The van der Waals surface area contributed by atoms with Crippen LogP contribution in [0.2, 0.25) is 0 Å². The molecule has 0 saturated heterocycles. The van der Waals surface area contributed by atoms with E-state index in [9.17, 15) is 4.79 Å². The number of fused-ring (bicyclic) bond motifs is 1. The summed E-state index contributed by atoms with van der Waals surface area (Å²) in [5, 5.41) is 16.5. The Balaban J connectivity index is 1.90. The normalized spacial score (nSPS) is 14.1. The number of nitrogens with zero attached hydrogens (tertiary/aromatic N) is 2. The van der Waals surface area contributed by atoms with Crippen LogP contribution in [0.1, 0.15) is 16.8 Å². The molecule has 0 atom stereocenters. The zero-order chi connectivity index (χ0) is 13.2. The van der Waals surface area contributed by atoms with Gasteiger partial charge in [0.25, 0.3) is 0 Å². The first-order valence-corrected chi connectivity index (χ1v) is 6.31. The minimum absolute atomic E-state index is 0.0570. The zero-order valence-electron chi connectivity index (χ0n) is 10.5. The maximum absolute atomic E-state index is 10.6. The van der Waals surface area contributed by atoms with E-state index < -0.39 is 5.97 Å². The molecule has 0 bridgehead atoms. The Morgan fingerprint density at radius 2 is 2.16 bits per heavy atom. The Bertz CT molecular complexity index is 602. The van der Waals surface area contributed by atoms with Crippen LogP contribution >= 0.6 is 0 Å². The van der Waals surface area contributed by atoms with Gasteiger partial charge in [-0.15, -0.1) is 0 Å². The standard InChI is InChI=1S/C14H15N3O2/c18-14(19)7-10-1-3-12(4-2-10)17-13-5-6-15-8-11(13)9-16-17/h1-4,9,15H,5-8H2,(H,18,19). The van der Waals surface area contributed by atoms with Gasteiger partial charge in [-0.2, -0.15) is 5.10 Å². The van der Waals surface area contributed by atoms with Gasteiger partial charge in [0.15, 0.2) is 0 Å². The fraction of sp³-hybridized carbons (Fsp3) is 0.286. The van der Waals surface area contributed by atoms with Crippen LogP contribution in [0.4, 0.5) is 0 Å². The molecule has 0 amide bonds. The number of rotatable bonds is 3. The smallest absolute Gasteiger partial charge is 0.307 e. The Labute approximate surface area is 110 Å². The molecule has 0 fully saturated rings. The average molecular weight is 257 g/mol. The fourth-order valence-corrected chi connectivity index (χ4v) is 2.40. The molecule has 0 spiro atoms. The molecule has 2 heterocycles. The van der Waals surface area contributed by atoms with Crippen molar-refractivity contribution in [3.8, 4) is 5.69 Å². The summed E-state index contributed by atoms with van der Waals surface area (Å²) in [7, 11) is 0. The van der Waals surface area contributed by atoms with Gasteiger partial charge in [0, 0.05) is 30.8 Å². The lowest BCUT2D eigenvalue weighted by Crippen LogP contribution is -2.24. The molecule has 3 rings (SSSR count). The summed E-state index contributed by atoms with van der Waals surface area (Å²) < 4.78 is 1.95. The highest BCUT2D eigenvalue weighted by Gasteiger charge is 2.15. The van der Waals surface area contributed by atoms with E-state index >= 15 is 0 Å². The summed E-state index contributed by atoms with van der Waals surface area (Å²) in [6.07, 6.45) is 2.92. The van der Waals surface area contributed by atoms with Crippen molar-refractivity contribution in [2.45, 2.75) is 19.4 Å². The molecule has 0 saturated carbocycles. The van der Waals surface area contributed by atoms with Gasteiger partial charge in [-0.05, 0) is 17.7 Å². The molecule has 1 aliphatic heterocycles. The summed E-state index contributed by atoms with van der Waals surface area (Å²) in [5.74, 6) is -0.810. The van der Waals surface area contributed by atoms with Gasteiger partial charge in [0.2, 0.25) is 0 Å². The van der Waals surface area contributed by atoms with Gasteiger partial charge in [-0.3, -0.25) is 4.79 Å². The molecule has 1 aromatic heterocycles. The molecule has 0 radical (unpaired) electrons. The molecule has 5 nitrogen and oxygen atoms in total. The van der Waals surface area contributed by atoms with Crippen LogP contribution in [0.3, 0.4) is 0 Å². The third kappa shape index (κ3) is 2.37. The van der Waals surface area contributed by atoms with E-state index in [0.717, 1.165) is 30.8 Å². The van der Waals surface area contributed by atoms with Crippen LogP contribution in [-0.4, -0.2) is 27.4 Å². The number of carboxylic acids is 1. The van der Waals surface area contributed by atoms with Crippen LogP contribution in [-0.2, 0) is 24.2 Å². The largest absolute Gasteiger partial charge is 0.481 e. The van der Waals surface area contributed by atoms with Gasteiger partial charge in [-0.1, -0.05) is 12.1 Å². The van der Waals surface area contributed by atoms with Crippen LogP contribution in [0.5, 0.6) is 0 Å². The number of hydrogen-bond acceptors (Lipinski definition) is 3. The lowest BCUT2D eigenvalue weighted by Gasteiger charge is -2.15. The second kappa shape index (κ2) is 4.85. The average Bonchev–Trinajstić information content (AvgIpc) is 2.83. The predicted molar refractivity (Wildman–Crippen MR) is 70.3 cm³/mol. The minimum atomic E-state index is -0.810. The Morgan fingerprint density at radius 1 is 1.37 bits per heavy atom. The third-order valence-corrected chi connectivity index (χ3v) is 3.35. The summed E-state index contributed by atoms with van der Waals surface area (Å²) >= 11 is 0. The topological polar surface area (TPSA) is 67.1 Å². The number of benzene rings is 1. The molecule has 5 heteroatoms. The van der Waals surface area contributed by atoms with Crippen molar-refractivity contribution < 1.29 is 9.90 Å². The Kier molecular flexibility index (Phi) is 3.05. The molecular weight excluding hydrogens is 242 g/mol. The number of nitrogens with one attached hydrogen (secondary N) is 1. The van der Waals surface area contributed by atoms with Gasteiger partial charge in [0.1, 0.15) is 0 Å². The van der Waals surface area contributed by atoms with Crippen molar-refractivity contribution in [1.29, 1.82) is 0 Å². The molecular formula is C14H15N3O2. The zero-order valence-corrected chi connectivity index (χ0v) is 10.5. The highest BCUT2D eigenvalue weighted by Crippen LogP contribution is 2.18. The fourth-order valence-electron chi connectivity index (χ4n) is 2.40. The molecule has 1 aromatic carbocycles. The summed E-state index contributed by atoms with van der Waals surface area (Å²) in [6, 6.07) is 7.54. The molecule has 1 aliphatic rings. The maximum Gasteiger partial charge on any atom is 0.307 e. The first-order valence-electron chi connectivity index (χ1n) is 6.31. The van der Waals surface area contributed by atoms with E-state index in [1.165, 1.54) is 11.3 Å². The second-order valence-electron chi connectivity index (χ2n) is 4.69. The third-order valence-electron chi connectivity index (χ3n) is 3.35. The SMILES string of the molecule is O=C(O)Cc1ccc(-n2ncc3c2CCNC3)cc1. The molecule has 2 aromatic rings. The number of hydrogen-bond donors (Lipinski definition) is 2. The Morgan fingerprint density at radius 3 is 2.89 bits per heavy atom. The maximum atomic E-state index is 10.6. The van der Waals surface area contributed by atoms with Gasteiger partial charge in [0.05, 0.1) is 18.3 Å². The van der Waals surface area contributed by atoms with E-state index in [-0.39, 0.29) is 6.42 Å². The molecule has 0 aliphatic carbocycles. The predicted octanol–water partition coefficient (Wildman–Crippen LogP) is 1.15. The summed E-state index contributed by atoms with van der Waals surface area (Å²) in [5.41, 5.74) is 4.27. The van der Waals surface area contributed by atoms with Crippen molar-refractivity contribution >= 4 is 5.97 Å². The van der Waals surface area contributed by atoms with E-state index in [1.54, 1.807) is 0 Å². The van der Waals surface area contributed by atoms with Crippen molar-refractivity contribution in [3.05, 3.63) is 47.3 Å². The lowest BCUT2D eigenvalue weighted by molar-refractivity contribution is -0.136. The first-order chi connectivity index (χ1) is 9.24. The van der Waals surface area contributed by atoms with E-state index in [1.807, 2.05) is 35.1 Å². The molecule has 98 valence electrons. The number of carboxylic acid groups (broad SMARTS) is 1. The van der Waals surface area contributed by atoms with Crippen LogP contribution in [0, 0.1) is 0 Å². The van der Waals surface area contributed by atoms with Crippen molar-refractivity contribution in [3.63, 3.8) is 0 Å². The van der Waals surface area contributed by atoms with E-state index in [2.05, 4.69) is 10.4 Å². The van der Waals surface area contributed by atoms with Crippen LogP contribution in [0.15, 0.2) is 30.5 Å². The monoisotopic (exact) mass is 257 g/mol. The van der Waals surface area contributed by atoms with Crippen molar-refractivity contribution in [2.75, 3.05) is 6.54 Å². The minimum Gasteiger partial charge on any atom is -0.481 e. The number of carbonyl (C=O) groups is 1. The van der Waals surface area contributed by atoms with E-state index in [0.29, 0.717) is 0 Å². The van der Waals surface area contributed by atoms with Gasteiger partial charge < -0.3 is 10.4 Å². The molecule has 0 unspecified atom stereocenters. The molecule has 19 heavy (non-hydrogen) atoms. The quantitative estimate of drug-likeness (QED) is 0.865. The van der Waals surface area contributed by atoms with Gasteiger partial charge >= 0.3 is 5.97 Å². The summed E-state index contributed by atoms with van der Waals surface area (Å²) in [6.45, 7) is 1.84. The first kappa shape index (κ1) is 11.9. The molecule has 2 N–H and O–H groups in total. The second-order valence-corrected chi connectivity index (χ2v) is 4.69.